The molecule has 6 rings (SSSR count). The monoisotopic (exact) mass is 636 g/mol. The average molecular weight is 637 g/mol. The maximum absolute atomic E-state index is 14.0. The first kappa shape index (κ1) is 30.6. The topological polar surface area (TPSA) is 114 Å². The summed E-state index contributed by atoms with van der Waals surface area (Å²) in [4.78, 5) is 8.49. The Kier molecular flexibility index (Phi) is 7.57. The Labute approximate surface area is 263 Å². The van der Waals surface area contributed by atoms with E-state index in [2.05, 4.69) is 58.4 Å². The number of nitrogens with one attached hydrogen (secondary N) is 4. The molecule has 2 aromatic heterocycles. The van der Waals surface area contributed by atoms with Crippen molar-refractivity contribution in [3.8, 4) is 17.4 Å². The lowest BCUT2D eigenvalue weighted by atomic mass is 9.93. The number of aromatic nitrogens is 2. The molecule has 0 unspecified atom stereocenters. The smallest absolute Gasteiger partial charge is 0.413 e. The number of hydrogen-bond donors (Lipinski definition) is 4. The third kappa shape index (κ3) is 5.74. The molecule has 13 heteroatoms. The Hall–Kier alpha value is -4.47. The number of fused-ring (bicyclic) bond motifs is 1. The summed E-state index contributed by atoms with van der Waals surface area (Å²) in [6.07, 6.45) is 1.49. The number of anilines is 2. The molecule has 45 heavy (non-hydrogen) atoms. The van der Waals surface area contributed by atoms with Crippen molar-refractivity contribution in [3.05, 3.63) is 82.7 Å². The van der Waals surface area contributed by atoms with Crippen LogP contribution in [0.4, 0.5) is 24.5 Å². The maximum Gasteiger partial charge on any atom is 0.413 e. The molecule has 3 heterocycles. The molecule has 1 aliphatic carbocycles. The number of benzene rings is 2. The summed E-state index contributed by atoms with van der Waals surface area (Å²) in [6.45, 7) is 8.76. The van der Waals surface area contributed by atoms with E-state index >= 15 is 0 Å². The van der Waals surface area contributed by atoms with Gasteiger partial charge in [-0.25, -0.2) is 4.98 Å². The van der Waals surface area contributed by atoms with Gasteiger partial charge in [0.05, 0.1) is 39.7 Å². The zero-order chi connectivity index (χ0) is 32.1. The highest BCUT2D eigenvalue weighted by molar-refractivity contribution is 6.35. The summed E-state index contributed by atoms with van der Waals surface area (Å²) in [6, 6.07) is 10.8. The Balaban J connectivity index is 1.46. The predicted molar refractivity (Wildman–Crippen MR) is 167 cm³/mol. The van der Waals surface area contributed by atoms with Crippen LogP contribution in [-0.2, 0) is 0 Å². The van der Waals surface area contributed by atoms with Crippen LogP contribution in [0.3, 0.4) is 0 Å². The number of pyridine rings is 1. The van der Waals surface area contributed by atoms with Crippen molar-refractivity contribution in [2.45, 2.75) is 58.3 Å². The van der Waals surface area contributed by atoms with E-state index in [1.165, 1.54) is 18.8 Å². The van der Waals surface area contributed by atoms with Crippen molar-refractivity contribution in [3.63, 3.8) is 0 Å². The van der Waals surface area contributed by atoms with E-state index in [-0.39, 0.29) is 18.3 Å². The molecule has 2 aliphatic rings. The number of alkyl halides is 3. The number of nitrogens with zero attached hydrogens (tertiary/aromatic N) is 4. The zero-order valence-electron chi connectivity index (χ0n) is 25.1. The van der Waals surface area contributed by atoms with Crippen LogP contribution in [0, 0.1) is 23.7 Å². The molecule has 1 aliphatic heterocycles. The maximum atomic E-state index is 14.0. The highest BCUT2D eigenvalue weighted by atomic mass is 35.5. The average Bonchev–Trinajstić information content (AvgIpc) is 3.38. The normalized spacial score (nSPS) is 16.6. The molecule has 1 atom stereocenters. The summed E-state index contributed by atoms with van der Waals surface area (Å²) >= 11 is 6.77. The Bertz CT molecular complexity index is 1820. The minimum Gasteiger partial charge on any atom is -0.444 e. The first-order valence-corrected chi connectivity index (χ1v) is 14.8. The van der Waals surface area contributed by atoms with Crippen molar-refractivity contribution >= 4 is 33.9 Å². The summed E-state index contributed by atoms with van der Waals surface area (Å²) < 4.78 is 47.7. The van der Waals surface area contributed by atoms with E-state index in [0.717, 1.165) is 21.7 Å². The van der Waals surface area contributed by atoms with Gasteiger partial charge in [-0.15, -0.1) is 5.53 Å². The quantitative estimate of drug-likeness (QED) is 0.155. The van der Waals surface area contributed by atoms with Crippen LogP contribution in [0.2, 0.25) is 5.02 Å². The fourth-order valence-corrected chi connectivity index (χ4v) is 5.80. The largest absolute Gasteiger partial charge is 0.444 e. The summed E-state index contributed by atoms with van der Waals surface area (Å²) in [5.41, 5.74) is 8.63. The summed E-state index contributed by atoms with van der Waals surface area (Å²) in [5.74, 6) is 0.564. The zero-order valence-corrected chi connectivity index (χ0v) is 25.9. The fourth-order valence-electron chi connectivity index (χ4n) is 5.53. The Morgan fingerprint density at radius 2 is 1.98 bits per heavy atom. The Morgan fingerprint density at radius 3 is 2.62 bits per heavy atom. The standard InChI is InChI=1S/C32H32ClF3N8O/c1-18-21(26-14-38-17-45-26)6-5-7-22(18)29(25-15-44(43-42-25)31(8-9-31)32(34,35)36)41-20-10-23-27(40-16-30(2,3)4)19(12-37)13-39-28(23)24(33)11-20/h5-7,10-11,13-15,17,29,41-43H,8-9,16H2,1-4H3,(H,39,40)/t29-/m0/s1. The number of hydrazine groups is 2. The van der Waals surface area contributed by atoms with Crippen LogP contribution < -0.4 is 21.6 Å². The lowest BCUT2D eigenvalue weighted by molar-refractivity contribution is -0.195. The van der Waals surface area contributed by atoms with Crippen molar-refractivity contribution in [2.24, 2.45) is 5.41 Å². The molecule has 4 aromatic rings. The summed E-state index contributed by atoms with van der Waals surface area (Å²) in [7, 11) is 0. The van der Waals surface area contributed by atoms with Crippen molar-refractivity contribution in [2.75, 3.05) is 17.2 Å². The molecular formula is C32H32ClF3N8O. The van der Waals surface area contributed by atoms with E-state index in [9.17, 15) is 18.4 Å². The van der Waals surface area contributed by atoms with Crippen LogP contribution in [-0.4, -0.2) is 33.2 Å². The molecule has 0 bridgehead atoms. The minimum absolute atomic E-state index is 0.00802. The van der Waals surface area contributed by atoms with Gasteiger partial charge in [-0.2, -0.15) is 18.4 Å². The second kappa shape index (κ2) is 11.2. The number of oxazole rings is 1. The number of rotatable bonds is 8. The van der Waals surface area contributed by atoms with E-state index in [1.54, 1.807) is 12.3 Å². The van der Waals surface area contributed by atoms with Gasteiger partial charge in [-0.3, -0.25) is 9.99 Å². The highest BCUT2D eigenvalue weighted by Gasteiger charge is 2.67. The molecule has 234 valence electrons. The molecule has 1 saturated carbocycles. The number of hydrogen-bond acceptors (Lipinski definition) is 9. The van der Waals surface area contributed by atoms with Gasteiger partial charge >= 0.3 is 6.18 Å². The number of nitriles is 1. The number of halogens is 4. The molecular weight excluding hydrogens is 605 g/mol. The lowest BCUT2D eigenvalue weighted by Gasteiger charge is -2.28. The van der Waals surface area contributed by atoms with Gasteiger partial charge < -0.3 is 20.5 Å². The van der Waals surface area contributed by atoms with Crippen LogP contribution >= 0.6 is 11.6 Å². The second-order valence-electron chi connectivity index (χ2n) is 12.6. The van der Waals surface area contributed by atoms with Gasteiger partial charge in [-0.05, 0) is 48.4 Å². The van der Waals surface area contributed by atoms with Crippen molar-refractivity contribution < 1.29 is 17.6 Å². The van der Waals surface area contributed by atoms with Gasteiger partial charge in [0.1, 0.15) is 6.07 Å². The molecule has 0 amide bonds. The van der Waals surface area contributed by atoms with Crippen LogP contribution in [0.25, 0.3) is 22.2 Å². The van der Waals surface area contributed by atoms with E-state index in [4.69, 9.17) is 16.0 Å². The van der Waals surface area contributed by atoms with Crippen molar-refractivity contribution in [1.29, 1.82) is 5.26 Å². The molecule has 9 nitrogen and oxygen atoms in total. The van der Waals surface area contributed by atoms with Gasteiger partial charge in [0.25, 0.3) is 0 Å². The molecule has 0 radical (unpaired) electrons. The van der Waals surface area contributed by atoms with Crippen LogP contribution in [0.5, 0.6) is 0 Å². The van der Waals surface area contributed by atoms with Gasteiger partial charge in [-0.1, -0.05) is 50.6 Å². The molecule has 4 N–H and O–H groups in total. The van der Waals surface area contributed by atoms with Crippen LogP contribution in [0.15, 0.2) is 65.4 Å². The first-order valence-electron chi connectivity index (χ1n) is 14.4. The van der Waals surface area contributed by atoms with E-state index < -0.39 is 17.8 Å². The predicted octanol–water partition coefficient (Wildman–Crippen LogP) is 7.60. The lowest BCUT2D eigenvalue weighted by Crippen LogP contribution is -2.52. The van der Waals surface area contributed by atoms with Crippen LogP contribution in [0.1, 0.15) is 56.3 Å². The molecule has 2 aromatic carbocycles. The van der Waals surface area contributed by atoms with Crippen molar-refractivity contribution in [1.82, 2.24) is 25.9 Å². The van der Waals surface area contributed by atoms with E-state index in [0.29, 0.717) is 50.9 Å². The van der Waals surface area contributed by atoms with Gasteiger partial charge in [0.2, 0.25) is 0 Å². The van der Waals surface area contributed by atoms with E-state index in [1.807, 2.05) is 31.2 Å². The summed E-state index contributed by atoms with van der Waals surface area (Å²) in [5, 5.41) is 18.9. The fraction of sp³-hybridized carbons (Fsp3) is 0.344. The molecule has 0 spiro atoms. The Morgan fingerprint density at radius 1 is 1.20 bits per heavy atom. The highest BCUT2D eigenvalue weighted by Crippen LogP contribution is 2.54. The minimum atomic E-state index is -4.41. The second-order valence-corrected chi connectivity index (χ2v) is 13.0. The molecule has 0 saturated heterocycles. The van der Waals surface area contributed by atoms with Gasteiger partial charge in [0.15, 0.2) is 17.7 Å². The third-order valence-corrected chi connectivity index (χ3v) is 8.44. The molecule has 1 fully saturated rings. The van der Waals surface area contributed by atoms with Gasteiger partial charge in [0, 0.05) is 35.6 Å². The first-order chi connectivity index (χ1) is 21.3. The SMILES string of the molecule is Cc1c(-c2cnco2)cccc1[C@H](Nc1cc(Cl)c2ncc(C#N)c(NCC(C)(C)C)c2c1)C1=CN(C2(C(F)(F)F)CC2)NN1. The third-order valence-electron chi connectivity index (χ3n) is 8.15.